The Morgan fingerprint density at radius 3 is 2.18 bits per heavy atom. The lowest BCUT2D eigenvalue weighted by atomic mass is 9.76. The highest BCUT2D eigenvalue weighted by Crippen LogP contribution is 2.52. The van der Waals surface area contributed by atoms with E-state index in [1.165, 1.54) is 11.8 Å². The maximum absolute atomic E-state index is 16.0. The summed E-state index contributed by atoms with van der Waals surface area (Å²) in [6, 6.07) is 2.94. The number of alkyl halides is 5. The molecule has 1 N–H and O–H groups in total. The van der Waals surface area contributed by atoms with Crippen molar-refractivity contribution in [2.24, 2.45) is 11.3 Å². The normalized spacial score (nSPS) is 25.1. The molecule has 1 saturated heterocycles. The van der Waals surface area contributed by atoms with E-state index in [0.29, 0.717) is 19.3 Å². The van der Waals surface area contributed by atoms with Crippen LogP contribution in [-0.2, 0) is 16.7 Å². The highest BCUT2D eigenvalue weighted by molar-refractivity contribution is 5.75. The van der Waals surface area contributed by atoms with Gasteiger partial charge in [0.15, 0.2) is 0 Å². The molecule has 0 aromatic heterocycles. The van der Waals surface area contributed by atoms with Gasteiger partial charge in [-0.25, -0.2) is 8.78 Å². The van der Waals surface area contributed by atoms with E-state index >= 15 is 8.78 Å². The minimum absolute atomic E-state index is 0.0191. The molecule has 3 atom stereocenters. The molecule has 0 radical (unpaired) electrons. The van der Waals surface area contributed by atoms with Gasteiger partial charge < -0.3 is 9.90 Å². The summed E-state index contributed by atoms with van der Waals surface area (Å²) in [5.41, 5.74) is -4.12. The number of halogens is 5. The maximum Gasteiger partial charge on any atom is 0.416 e. The van der Waals surface area contributed by atoms with Crippen LogP contribution in [0.2, 0.25) is 0 Å². The molecule has 0 amide bonds. The summed E-state index contributed by atoms with van der Waals surface area (Å²) in [6.45, 7) is 9.42. The number of piperidine rings is 1. The third-order valence-electron chi connectivity index (χ3n) is 6.55. The van der Waals surface area contributed by atoms with Gasteiger partial charge in [-0.3, -0.25) is 4.90 Å². The van der Waals surface area contributed by atoms with Crippen molar-refractivity contribution in [2.75, 3.05) is 6.54 Å². The topological polar surface area (TPSA) is 40.5 Å². The van der Waals surface area contributed by atoms with Crippen molar-refractivity contribution in [3.05, 3.63) is 35.4 Å². The first-order chi connectivity index (χ1) is 15.0. The zero-order valence-electron chi connectivity index (χ0n) is 20.1. The van der Waals surface area contributed by atoms with Gasteiger partial charge in [0.25, 0.3) is 5.92 Å². The van der Waals surface area contributed by atoms with Crippen LogP contribution in [-0.4, -0.2) is 34.3 Å². The quantitative estimate of drug-likeness (QED) is 0.420. The zero-order chi connectivity index (χ0) is 25.2. The van der Waals surface area contributed by atoms with Crippen LogP contribution in [0.5, 0.6) is 0 Å². The summed E-state index contributed by atoms with van der Waals surface area (Å²) in [5.74, 6) is -5.55. The fourth-order valence-electron chi connectivity index (χ4n) is 4.78. The van der Waals surface area contributed by atoms with E-state index in [1.807, 2.05) is 27.7 Å². The monoisotopic (exact) mass is 477 g/mol. The number of nitrogens with zero attached hydrogens (tertiary/aromatic N) is 1. The van der Waals surface area contributed by atoms with Gasteiger partial charge >= 0.3 is 6.18 Å². The number of carbonyl (C=O) groups is 1. The molecule has 1 heterocycles. The molecule has 3 nitrogen and oxygen atoms in total. The number of hydrogen-bond acceptors (Lipinski definition) is 3. The van der Waals surface area contributed by atoms with Crippen LogP contribution < -0.4 is 0 Å². The number of Topliss-reactive ketones (excluding diaryl/α,β-unsaturated/α-hetero) is 1. The number of likely N-dealkylation sites (tertiary alicyclic amines) is 1. The van der Waals surface area contributed by atoms with Crippen molar-refractivity contribution in [1.29, 1.82) is 0 Å². The van der Waals surface area contributed by atoms with Gasteiger partial charge in [-0.05, 0) is 50.2 Å². The third-order valence-corrected chi connectivity index (χ3v) is 6.55. The van der Waals surface area contributed by atoms with E-state index in [0.717, 1.165) is 30.7 Å². The fourth-order valence-corrected chi connectivity index (χ4v) is 4.78. The zero-order valence-corrected chi connectivity index (χ0v) is 20.1. The smallest absolute Gasteiger partial charge is 0.366 e. The lowest BCUT2D eigenvalue weighted by Gasteiger charge is -2.54. The highest BCUT2D eigenvalue weighted by Gasteiger charge is 2.65. The van der Waals surface area contributed by atoms with Crippen molar-refractivity contribution in [2.45, 2.75) is 97.0 Å². The molecule has 1 aliphatic heterocycles. The highest BCUT2D eigenvalue weighted by atomic mass is 19.4. The Labute approximate surface area is 193 Å². The van der Waals surface area contributed by atoms with Gasteiger partial charge in [0.1, 0.15) is 5.78 Å². The van der Waals surface area contributed by atoms with Crippen LogP contribution >= 0.6 is 0 Å². The molecule has 33 heavy (non-hydrogen) atoms. The second-order valence-electron chi connectivity index (χ2n) is 10.5. The summed E-state index contributed by atoms with van der Waals surface area (Å²) in [7, 11) is 0. The summed E-state index contributed by atoms with van der Waals surface area (Å²) in [5, 5.41) is 11.7. The largest absolute Gasteiger partial charge is 0.416 e. The second kappa shape index (κ2) is 9.98. The van der Waals surface area contributed by atoms with E-state index < -0.39 is 41.5 Å². The Bertz CT molecular complexity index is 801. The molecule has 1 aromatic carbocycles. The van der Waals surface area contributed by atoms with Crippen LogP contribution in [0.1, 0.15) is 84.3 Å². The lowest BCUT2D eigenvalue weighted by molar-refractivity contribution is -0.317. The van der Waals surface area contributed by atoms with E-state index in [-0.39, 0.29) is 30.0 Å². The molecule has 0 unspecified atom stereocenters. The van der Waals surface area contributed by atoms with Gasteiger partial charge in [0.2, 0.25) is 5.72 Å². The van der Waals surface area contributed by atoms with Crippen LogP contribution in [0, 0.1) is 11.3 Å². The van der Waals surface area contributed by atoms with Crippen LogP contribution in [0.4, 0.5) is 22.0 Å². The minimum atomic E-state index is -4.62. The van der Waals surface area contributed by atoms with Crippen LogP contribution in [0.15, 0.2) is 24.3 Å². The van der Waals surface area contributed by atoms with E-state index in [2.05, 4.69) is 0 Å². The summed E-state index contributed by atoms with van der Waals surface area (Å²) in [6.07, 6.45) is -2.43. The first kappa shape index (κ1) is 27.7. The number of benzene rings is 1. The van der Waals surface area contributed by atoms with Gasteiger partial charge in [0.05, 0.1) is 5.56 Å². The molecular weight excluding hydrogens is 441 g/mol. The van der Waals surface area contributed by atoms with Crippen molar-refractivity contribution in [1.82, 2.24) is 4.90 Å². The molecule has 1 aliphatic rings. The summed E-state index contributed by atoms with van der Waals surface area (Å²) < 4.78 is 71.1. The van der Waals surface area contributed by atoms with E-state index in [9.17, 15) is 23.1 Å². The Balaban J connectivity index is 2.58. The number of aliphatic hydroxyl groups is 1. The standard InChI is InChI=1S/C25H36F5NO2/c1-6-7-21(12-14-22(3,4)5)31-15-13-20(16-17(2)32)23(26,27)24(31,33)18-8-10-19(11-9-18)25(28,29)30/h8-11,20-21,33H,6-7,12-16H2,1-5H3/t20-,21-,24-/m0/s1. The first-order valence-corrected chi connectivity index (χ1v) is 11.6. The van der Waals surface area contributed by atoms with Crippen LogP contribution in [0.3, 0.4) is 0 Å². The molecule has 2 rings (SSSR count). The SMILES string of the molecule is CCC[C@@H](CCC(C)(C)C)N1CC[C@@H](CC(C)=O)C(F)(F)[C@@]1(O)c1ccc(C(F)(F)F)cc1. The minimum Gasteiger partial charge on any atom is -0.366 e. The Kier molecular flexibility index (Phi) is 8.38. The van der Waals surface area contributed by atoms with Crippen molar-refractivity contribution in [3.8, 4) is 0 Å². The Hall–Kier alpha value is -1.54. The molecule has 0 aliphatic carbocycles. The average molecular weight is 478 g/mol. The third kappa shape index (κ3) is 6.13. The van der Waals surface area contributed by atoms with Crippen molar-refractivity contribution >= 4 is 5.78 Å². The number of ketones is 1. The molecule has 8 heteroatoms. The lowest BCUT2D eigenvalue weighted by Crippen LogP contribution is -2.67. The van der Waals surface area contributed by atoms with Gasteiger partial charge in [-0.1, -0.05) is 46.2 Å². The molecule has 0 saturated carbocycles. The maximum atomic E-state index is 16.0. The predicted molar refractivity (Wildman–Crippen MR) is 118 cm³/mol. The molecule has 0 spiro atoms. The fraction of sp³-hybridized carbons (Fsp3) is 0.720. The number of carbonyl (C=O) groups excluding carboxylic acids is 1. The number of rotatable bonds is 8. The van der Waals surface area contributed by atoms with E-state index in [4.69, 9.17) is 0 Å². The summed E-state index contributed by atoms with van der Waals surface area (Å²) in [4.78, 5) is 13.1. The Morgan fingerprint density at radius 2 is 1.73 bits per heavy atom. The predicted octanol–water partition coefficient (Wildman–Crippen LogP) is 6.78. The van der Waals surface area contributed by atoms with E-state index in [1.54, 1.807) is 0 Å². The van der Waals surface area contributed by atoms with Gasteiger partial charge in [0, 0.05) is 30.5 Å². The molecule has 0 bridgehead atoms. The average Bonchev–Trinajstić information content (AvgIpc) is 2.68. The summed E-state index contributed by atoms with van der Waals surface area (Å²) >= 11 is 0. The molecule has 1 fully saturated rings. The van der Waals surface area contributed by atoms with Gasteiger partial charge in [-0.2, -0.15) is 13.2 Å². The first-order valence-electron chi connectivity index (χ1n) is 11.6. The number of hydrogen-bond donors (Lipinski definition) is 1. The Morgan fingerprint density at radius 1 is 1.15 bits per heavy atom. The molecule has 1 aromatic rings. The van der Waals surface area contributed by atoms with Gasteiger partial charge in [-0.15, -0.1) is 0 Å². The molecular formula is C25H36F5NO2. The van der Waals surface area contributed by atoms with Crippen molar-refractivity contribution in [3.63, 3.8) is 0 Å². The molecule has 188 valence electrons. The second-order valence-corrected chi connectivity index (χ2v) is 10.5. The van der Waals surface area contributed by atoms with Crippen LogP contribution in [0.25, 0.3) is 0 Å². The van der Waals surface area contributed by atoms with Crippen molar-refractivity contribution < 1.29 is 31.9 Å².